The third-order valence-corrected chi connectivity index (χ3v) is 6.11. The number of esters is 2. The van der Waals surface area contributed by atoms with Crippen molar-refractivity contribution < 1.29 is 38.1 Å². The van der Waals surface area contributed by atoms with Crippen molar-refractivity contribution >= 4 is 29.4 Å². The largest absolute Gasteiger partial charge is 0.509 e. The predicted octanol–water partition coefficient (Wildman–Crippen LogP) is 1.78. The lowest BCUT2D eigenvalue weighted by Crippen LogP contribution is -2.45. The van der Waals surface area contributed by atoms with Crippen LogP contribution < -0.4 is 5.73 Å². The van der Waals surface area contributed by atoms with Gasteiger partial charge < -0.3 is 29.4 Å². The molecular weight excluding hydrogens is 512 g/mol. The SMILES string of the molecule is CC(=O)O[C@H]1[C@@H](OC(C)=O)[C@](C#N)(c2ccc3c(N)ncnn23)O[C@@H]1COC(=O)OC(C)(C)c1ccncc1. The normalized spacial score (nSPS) is 22.6. The van der Waals surface area contributed by atoms with Crippen LogP contribution in [0.25, 0.3) is 5.52 Å². The molecule has 39 heavy (non-hydrogen) atoms. The van der Waals surface area contributed by atoms with E-state index in [4.69, 9.17) is 29.4 Å². The number of aromatic nitrogens is 4. The van der Waals surface area contributed by atoms with E-state index in [1.165, 1.54) is 16.9 Å². The molecule has 3 aromatic rings. The number of fused-ring (bicyclic) bond motifs is 1. The Morgan fingerprint density at radius 3 is 2.49 bits per heavy atom. The van der Waals surface area contributed by atoms with Gasteiger partial charge in [0.15, 0.2) is 18.0 Å². The number of nitrogens with zero attached hydrogens (tertiary/aromatic N) is 5. The van der Waals surface area contributed by atoms with Crippen LogP contribution >= 0.6 is 0 Å². The molecule has 0 amide bonds. The second kappa shape index (κ2) is 10.5. The predicted molar refractivity (Wildman–Crippen MR) is 130 cm³/mol. The number of carbonyl (C=O) groups excluding carboxylic acids is 3. The summed E-state index contributed by atoms with van der Waals surface area (Å²) in [5.41, 5.74) is 4.00. The Bertz CT molecular complexity index is 1440. The van der Waals surface area contributed by atoms with Gasteiger partial charge in [-0.05, 0) is 43.7 Å². The van der Waals surface area contributed by atoms with Gasteiger partial charge in [-0.3, -0.25) is 14.6 Å². The summed E-state index contributed by atoms with van der Waals surface area (Å²) in [5.74, 6) is -1.38. The van der Waals surface area contributed by atoms with Crippen LogP contribution in [0.3, 0.4) is 0 Å². The average Bonchev–Trinajstić information content (AvgIpc) is 3.44. The second-order valence-corrected chi connectivity index (χ2v) is 9.18. The Kier molecular flexibility index (Phi) is 7.37. The van der Waals surface area contributed by atoms with Crippen LogP contribution in [0.4, 0.5) is 10.6 Å². The first kappa shape index (κ1) is 27.3. The molecule has 3 aromatic heterocycles. The maximum Gasteiger partial charge on any atom is 0.509 e. The first-order valence-electron chi connectivity index (χ1n) is 11.8. The standard InChI is InChI=1S/C25H26N6O8/c1-14(32)36-20-18(11-35-23(34)39-24(3,4)16-7-9-28-10-8-16)38-25(12-26,21(20)37-15(2)33)19-6-5-17-22(27)29-13-30-31(17)19/h5-10,13,18,20-21H,11H2,1-4H3,(H2,27,29,30)/t18-,20-,21-,25+/m1/s1. The Labute approximate surface area is 222 Å². The highest BCUT2D eigenvalue weighted by atomic mass is 16.7. The fourth-order valence-electron chi connectivity index (χ4n) is 4.37. The van der Waals surface area contributed by atoms with Gasteiger partial charge in [0.05, 0.1) is 5.69 Å². The number of nitrogens with two attached hydrogens (primary N) is 1. The summed E-state index contributed by atoms with van der Waals surface area (Å²) in [6.07, 6.45) is -0.789. The van der Waals surface area contributed by atoms with E-state index in [1.807, 2.05) is 6.07 Å². The number of anilines is 1. The van der Waals surface area contributed by atoms with Crippen LogP contribution in [0.5, 0.6) is 0 Å². The summed E-state index contributed by atoms with van der Waals surface area (Å²) >= 11 is 0. The lowest BCUT2D eigenvalue weighted by Gasteiger charge is -2.28. The fraction of sp³-hybridized carbons (Fsp3) is 0.400. The molecule has 0 radical (unpaired) electrons. The van der Waals surface area contributed by atoms with Crippen molar-refractivity contribution in [2.45, 2.75) is 57.2 Å². The first-order valence-corrected chi connectivity index (χ1v) is 11.8. The van der Waals surface area contributed by atoms with E-state index in [0.717, 1.165) is 13.8 Å². The molecule has 0 bridgehead atoms. The highest BCUT2D eigenvalue weighted by molar-refractivity contribution is 5.69. The molecule has 0 spiro atoms. The molecule has 4 heterocycles. The van der Waals surface area contributed by atoms with Crippen molar-refractivity contribution in [3.05, 3.63) is 54.2 Å². The molecule has 1 fully saturated rings. The van der Waals surface area contributed by atoms with E-state index < -0.39 is 54.2 Å². The minimum Gasteiger partial charge on any atom is -0.455 e. The molecule has 14 heteroatoms. The van der Waals surface area contributed by atoms with Gasteiger partial charge in [-0.2, -0.15) is 10.4 Å². The van der Waals surface area contributed by atoms with E-state index in [1.54, 1.807) is 44.4 Å². The molecule has 0 saturated carbocycles. The zero-order chi connectivity index (χ0) is 28.4. The molecule has 0 unspecified atom stereocenters. The third kappa shape index (κ3) is 5.30. The van der Waals surface area contributed by atoms with E-state index >= 15 is 0 Å². The number of pyridine rings is 1. The fourth-order valence-corrected chi connectivity index (χ4v) is 4.37. The monoisotopic (exact) mass is 538 g/mol. The number of nitrogen functional groups attached to an aromatic ring is 1. The van der Waals surface area contributed by atoms with Crippen molar-refractivity contribution in [1.82, 2.24) is 19.6 Å². The number of hydrogen-bond donors (Lipinski definition) is 1. The lowest BCUT2D eigenvalue weighted by molar-refractivity contribution is -0.166. The van der Waals surface area contributed by atoms with Crippen LogP contribution in [-0.4, -0.2) is 62.6 Å². The Morgan fingerprint density at radius 1 is 1.15 bits per heavy atom. The van der Waals surface area contributed by atoms with Crippen molar-refractivity contribution in [2.75, 3.05) is 12.3 Å². The first-order chi connectivity index (χ1) is 18.5. The van der Waals surface area contributed by atoms with Gasteiger partial charge in [-0.1, -0.05) is 0 Å². The molecule has 2 N–H and O–H groups in total. The Morgan fingerprint density at radius 2 is 1.85 bits per heavy atom. The van der Waals surface area contributed by atoms with Crippen LogP contribution in [-0.2, 0) is 44.5 Å². The molecule has 0 aliphatic carbocycles. The lowest BCUT2D eigenvalue weighted by atomic mass is 9.92. The maximum absolute atomic E-state index is 12.6. The summed E-state index contributed by atoms with van der Waals surface area (Å²) in [5, 5.41) is 14.5. The number of rotatable bonds is 7. The Hall–Kier alpha value is -4.77. The minimum atomic E-state index is -2.03. The van der Waals surface area contributed by atoms with Gasteiger partial charge >= 0.3 is 18.1 Å². The summed E-state index contributed by atoms with van der Waals surface area (Å²) in [4.78, 5) is 44.6. The van der Waals surface area contributed by atoms with Gasteiger partial charge in [0.1, 0.15) is 36.2 Å². The minimum absolute atomic E-state index is 0.126. The molecular formula is C25H26N6O8. The van der Waals surface area contributed by atoms with E-state index in [0.29, 0.717) is 11.1 Å². The summed E-state index contributed by atoms with van der Waals surface area (Å²) in [7, 11) is 0. The van der Waals surface area contributed by atoms with Gasteiger partial charge in [0.25, 0.3) is 0 Å². The van der Waals surface area contributed by atoms with Crippen molar-refractivity contribution in [3.8, 4) is 6.07 Å². The van der Waals surface area contributed by atoms with E-state index in [-0.39, 0.29) is 11.5 Å². The van der Waals surface area contributed by atoms with Gasteiger partial charge in [-0.25, -0.2) is 14.3 Å². The molecule has 4 atom stereocenters. The van der Waals surface area contributed by atoms with E-state index in [9.17, 15) is 19.6 Å². The van der Waals surface area contributed by atoms with Crippen LogP contribution in [0, 0.1) is 11.3 Å². The van der Waals surface area contributed by atoms with Gasteiger partial charge in [0, 0.05) is 26.2 Å². The number of nitriles is 1. The zero-order valence-electron chi connectivity index (χ0n) is 21.6. The summed E-state index contributed by atoms with van der Waals surface area (Å²) in [6.45, 7) is 5.10. The zero-order valence-corrected chi connectivity index (χ0v) is 21.6. The summed E-state index contributed by atoms with van der Waals surface area (Å²) in [6, 6.07) is 8.47. The van der Waals surface area contributed by atoms with Crippen molar-refractivity contribution in [2.24, 2.45) is 0 Å². The maximum atomic E-state index is 12.6. The molecule has 0 aromatic carbocycles. The molecule has 204 valence electrons. The third-order valence-electron chi connectivity index (χ3n) is 6.11. The second-order valence-electron chi connectivity index (χ2n) is 9.18. The Balaban J connectivity index is 1.66. The van der Waals surface area contributed by atoms with Gasteiger partial charge in [-0.15, -0.1) is 0 Å². The molecule has 1 aliphatic rings. The number of ether oxygens (including phenoxy) is 5. The van der Waals surface area contributed by atoms with Crippen molar-refractivity contribution in [1.29, 1.82) is 5.26 Å². The number of carbonyl (C=O) groups is 3. The average molecular weight is 539 g/mol. The van der Waals surface area contributed by atoms with E-state index in [2.05, 4.69) is 15.1 Å². The number of hydrogen-bond acceptors (Lipinski definition) is 13. The smallest absolute Gasteiger partial charge is 0.455 e. The van der Waals surface area contributed by atoms with Gasteiger partial charge in [0.2, 0.25) is 5.60 Å². The molecule has 4 rings (SSSR count). The quantitative estimate of drug-likeness (QED) is 0.338. The summed E-state index contributed by atoms with van der Waals surface area (Å²) < 4.78 is 29.1. The molecule has 14 nitrogen and oxygen atoms in total. The van der Waals surface area contributed by atoms with Crippen molar-refractivity contribution in [3.63, 3.8) is 0 Å². The molecule has 1 aliphatic heterocycles. The van der Waals surface area contributed by atoms with Crippen LogP contribution in [0.1, 0.15) is 39.0 Å². The topological polar surface area (TPSA) is 190 Å². The molecule has 1 saturated heterocycles. The van der Waals surface area contributed by atoms with Crippen LogP contribution in [0.2, 0.25) is 0 Å². The highest BCUT2D eigenvalue weighted by Crippen LogP contribution is 2.43. The highest BCUT2D eigenvalue weighted by Gasteiger charge is 2.62. The van der Waals surface area contributed by atoms with Crippen LogP contribution in [0.15, 0.2) is 43.0 Å².